The first-order valence-electron chi connectivity index (χ1n) is 4.71. The van der Waals surface area contributed by atoms with E-state index in [4.69, 9.17) is 5.73 Å². The highest BCUT2D eigenvalue weighted by Gasteiger charge is 2.26. The molecule has 0 aliphatic carbocycles. The van der Waals surface area contributed by atoms with Gasteiger partial charge in [-0.05, 0) is 31.7 Å². The summed E-state index contributed by atoms with van der Waals surface area (Å²) in [6.45, 7) is 1.81. The van der Waals surface area contributed by atoms with Crippen molar-refractivity contribution in [1.29, 1.82) is 0 Å². The van der Waals surface area contributed by atoms with Gasteiger partial charge in [-0.2, -0.15) is 0 Å². The summed E-state index contributed by atoms with van der Waals surface area (Å²) >= 11 is 0. The number of amides is 1. The SMILES string of the molecule is CNC(C)(CC(N)=O)c1cccc(F)c1. The number of carbonyl (C=O) groups is 1. The maximum absolute atomic E-state index is 13.0. The number of nitrogens with one attached hydrogen (secondary N) is 1. The lowest BCUT2D eigenvalue weighted by Gasteiger charge is -2.28. The maximum atomic E-state index is 13.0. The Kier molecular flexibility index (Phi) is 3.42. The highest BCUT2D eigenvalue weighted by Crippen LogP contribution is 2.24. The lowest BCUT2D eigenvalue weighted by Crippen LogP contribution is -2.40. The first-order chi connectivity index (χ1) is 6.98. The molecular weight excluding hydrogens is 195 g/mol. The van der Waals surface area contributed by atoms with Crippen LogP contribution in [0.4, 0.5) is 4.39 Å². The number of rotatable bonds is 4. The molecule has 0 bridgehead atoms. The number of benzene rings is 1. The number of hydrogen-bond donors (Lipinski definition) is 2. The number of nitrogens with two attached hydrogens (primary N) is 1. The van der Waals surface area contributed by atoms with Crippen molar-refractivity contribution in [2.45, 2.75) is 18.9 Å². The van der Waals surface area contributed by atoms with Crippen LogP contribution in [0.1, 0.15) is 18.9 Å². The van der Waals surface area contributed by atoms with Crippen molar-refractivity contribution in [3.05, 3.63) is 35.6 Å². The number of halogens is 1. The summed E-state index contributed by atoms with van der Waals surface area (Å²) in [7, 11) is 1.72. The predicted octanol–water partition coefficient (Wildman–Crippen LogP) is 1.14. The third kappa shape index (κ3) is 2.76. The molecule has 0 heterocycles. The average molecular weight is 210 g/mol. The third-order valence-corrected chi connectivity index (χ3v) is 2.54. The minimum absolute atomic E-state index is 0.132. The van der Waals surface area contributed by atoms with E-state index in [0.29, 0.717) is 5.56 Å². The van der Waals surface area contributed by atoms with Gasteiger partial charge in [0, 0.05) is 12.0 Å². The van der Waals surface area contributed by atoms with Crippen LogP contribution < -0.4 is 11.1 Å². The Morgan fingerprint density at radius 3 is 2.73 bits per heavy atom. The van der Waals surface area contributed by atoms with E-state index in [1.54, 1.807) is 19.2 Å². The molecule has 0 fully saturated rings. The van der Waals surface area contributed by atoms with Crippen LogP contribution >= 0.6 is 0 Å². The summed E-state index contributed by atoms with van der Waals surface area (Å²) in [5.74, 6) is -0.741. The first kappa shape index (κ1) is 11.7. The van der Waals surface area contributed by atoms with Crippen LogP contribution in [0.15, 0.2) is 24.3 Å². The van der Waals surface area contributed by atoms with Crippen LogP contribution in [0.3, 0.4) is 0 Å². The molecule has 0 radical (unpaired) electrons. The van der Waals surface area contributed by atoms with Crippen molar-refractivity contribution in [1.82, 2.24) is 5.32 Å². The topological polar surface area (TPSA) is 55.1 Å². The second-order valence-electron chi connectivity index (χ2n) is 3.74. The van der Waals surface area contributed by atoms with Gasteiger partial charge in [0.15, 0.2) is 0 Å². The Hall–Kier alpha value is -1.42. The number of primary amides is 1. The van der Waals surface area contributed by atoms with Gasteiger partial charge >= 0.3 is 0 Å². The van der Waals surface area contributed by atoms with Crippen molar-refractivity contribution in [2.75, 3.05) is 7.05 Å². The normalized spacial score (nSPS) is 14.6. The van der Waals surface area contributed by atoms with E-state index < -0.39 is 11.4 Å². The van der Waals surface area contributed by atoms with Crippen molar-refractivity contribution in [3.63, 3.8) is 0 Å². The Morgan fingerprint density at radius 2 is 2.27 bits per heavy atom. The van der Waals surface area contributed by atoms with Crippen LogP contribution in [-0.2, 0) is 10.3 Å². The average Bonchev–Trinajstić information content (AvgIpc) is 2.16. The van der Waals surface area contributed by atoms with E-state index in [1.165, 1.54) is 12.1 Å². The van der Waals surface area contributed by atoms with Crippen LogP contribution in [-0.4, -0.2) is 13.0 Å². The predicted molar refractivity (Wildman–Crippen MR) is 56.6 cm³/mol. The molecule has 1 aromatic rings. The Balaban J connectivity index is 3.05. The minimum Gasteiger partial charge on any atom is -0.370 e. The Morgan fingerprint density at radius 1 is 1.60 bits per heavy atom. The van der Waals surface area contributed by atoms with E-state index in [2.05, 4.69) is 5.32 Å². The molecule has 0 spiro atoms. The zero-order chi connectivity index (χ0) is 11.5. The summed E-state index contributed by atoms with van der Waals surface area (Å²) in [6, 6.07) is 6.15. The summed E-state index contributed by atoms with van der Waals surface area (Å²) < 4.78 is 13.0. The molecule has 1 atom stereocenters. The fourth-order valence-electron chi connectivity index (χ4n) is 1.51. The number of hydrogen-bond acceptors (Lipinski definition) is 2. The molecule has 3 N–H and O–H groups in total. The quantitative estimate of drug-likeness (QED) is 0.782. The Bertz CT molecular complexity index is 367. The van der Waals surface area contributed by atoms with Gasteiger partial charge in [-0.25, -0.2) is 4.39 Å². The second-order valence-corrected chi connectivity index (χ2v) is 3.74. The zero-order valence-electron chi connectivity index (χ0n) is 8.88. The molecular formula is C11H15FN2O. The zero-order valence-corrected chi connectivity index (χ0v) is 8.88. The monoisotopic (exact) mass is 210 g/mol. The number of carbonyl (C=O) groups excluding carboxylic acids is 1. The first-order valence-corrected chi connectivity index (χ1v) is 4.71. The van der Waals surface area contributed by atoms with Gasteiger partial charge in [-0.15, -0.1) is 0 Å². The third-order valence-electron chi connectivity index (χ3n) is 2.54. The molecule has 15 heavy (non-hydrogen) atoms. The molecule has 1 unspecified atom stereocenters. The largest absolute Gasteiger partial charge is 0.370 e. The van der Waals surface area contributed by atoms with Gasteiger partial charge in [-0.3, -0.25) is 4.79 Å². The molecule has 3 nitrogen and oxygen atoms in total. The molecule has 0 aliphatic heterocycles. The molecule has 0 saturated heterocycles. The smallest absolute Gasteiger partial charge is 0.219 e. The van der Waals surface area contributed by atoms with Crippen molar-refractivity contribution < 1.29 is 9.18 Å². The second kappa shape index (κ2) is 4.40. The van der Waals surface area contributed by atoms with E-state index in [1.807, 2.05) is 6.92 Å². The summed E-state index contributed by atoms with van der Waals surface area (Å²) in [6.07, 6.45) is 0.132. The van der Waals surface area contributed by atoms with E-state index in [9.17, 15) is 9.18 Å². The van der Waals surface area contributed by atoms with E-state index >= 15 is 0 Å². The highest BCUT2D eigenvalue weighted by atomic mass is 19.1. The van der Waals surface area contributed by atoms with E-state index in [0.717, 1.165) is 0 Å². The van der Waals surface area contributed by atoms with Crippen molar-refractivity contribution in [3.8, 4) is 0 Å². The molecule has 1 aromatic carbocycles. The Labute approximate surface area is 88.5 Å². The molecule has 0 saturated carbocycles. The van der Waals surface area contributed by atoms with Crippen LogP contribution in [0.2, 0.25) is 0 Å². The molecule has 1 amide bonds. The summed E-state index contributed by atoms with van der Waals surface area (Å²) in [4.78, 5) is 10.9. The van der Waals surface area contributed by atoms with Crippen molar-refractivity contribution in [2.24, 2.45) is 5.73 Å². The van der Waals surface area contributed by atoms with Gasteiger partial charge in [0.05, 0.1) is 0 Å². The van der Waals surface area contributed by atoms with Crippen LogP contribution in [0.25, 0.3) is 0 Å². The lowest BCUT2D eigenvalue weighted by molar-refractivity contribution is -0.119. The van der Waals surface area contributed by atoms with Gasteiger partial charge in [0.2, 0.25) is 5.91 Å². The van der Waals surface area contributed by atoms with Gasteiger partial charge in [0.25, 0.3) is 0 Å². The van der Waals surface area contributed by atoms with Crippen LogP contribution in [0, 0.1) is 5.82 Å². The fourth-order valence-corrected chi connectivity index (χ4v) is 1.51. The lowest BCUT2D eigenvalue weighted by atomic mass is 9.88. The van der Waals surface area contributed by atoms with Gasteiger partial charge in [-0.1, -0.05) is 12.1 Å². The fraction of sp³-hybridized carbons (Fsp3) is 0.364. The summed E-state index contributed by atoms with van der Waals surface area (Å²) in [5.41, 5.74) is 5.25. The standard InChI is InChI=1S/C11H15FN2O/c1-11(14-2,7-10(13)15)8-4-3-5-9(12)6-8/h3-6,14H,7H2,1-2H3,(H2,13,15). The molecule has 0 aromatic heterocycles. The minimum atomic E-state index is -0.617. The van der Waals surface area contributed by atoms with Crippen molar-refractivity contribution >= 4 is 5.91 Å². The molecule has 82 valence electrons. The van der Waals surface area contributed by atoms with Crippen LogP contribution in [0.5, 0.6) is 0 Å². The van der Waals surface area contributed by atoms with E-state index in [-0.39, 0.29) is 12.2 Å². The van der Waals surface area contributed by atoms with Gasteiger partial charge in [0.1, 0.15) is 5.82 Å². The highest BCUT2D eigenvalue weighted by molar-refractivity contribution is 5.75. The molecule has 1 rings (SSSR count). The molecule has 4 heteroatoms. The van der Waals surface area contributed by atoms with Gasteiger partial charge < -0.3 is 11.1 Å². The maximum Gasteiger partial charge on any atom is 0.219 e. The summed E-state index contributed by atoms with van der Waals surface area (Å²) in [5, 5.41) is 2.99. The molecule has 0 aliphatic rings.